The molecule has 0 saturated carbocycles. The van der Waals surface area contributed by atoms with Gasteiger partial charge in [0, 0.05) is 18.1 Å². The van der Waals surface area contributed by atoms with Crippen molar-refractivity contribution in [3.8, 4) is 6.07 Å². The van der Waals surface area contributed by atoms with E-state index in [-0.39, 0.29) is 0 Å². The molecule has 2 aromatic heterocycles. The maximum absolute atomic E-state index is 9.05. The van der Waals surface area contributed by atoms with Crippen molar-refractivity contribution in [1.82, 2.24) is 9.38 Å². The predicted octanol–water partition coefficient (Wildman–Crippen LogP) is 2.44. The van der Waals surface area contributed by atoms with Crippen LogP contribution < -0.4 is 0 Å². The molecular formula is C12H13N3. The number of nitriles is 1. The van der Waals surface area contributed by atoms with Crippen molar-refractivity contribution < 1.29 is 0 Å². The molecule has 3 nitrogen and oxygen atoms in total. The minimum atomic E-state index is -0.457. The molecule has 2 aromatic rings. The highest BCUT2D eigenvalue weighted by molar-refractivity contribution is 5.46. The highest BCUT2D eigenvalue weighted by Crippen LogP contribution is 2.23. The van der Waals surface area contributed by atoms with Crippen LogP contribution in [0.2, 0.25) is 0 Å². The summed E-state index contributed by atoms with van der Waals surface area (Å²) in [5, 5.41) is 9.05. The van der Waals surface area contributed by atoms with Gasteiger partial charge in [0.1, 0.15) is 5.65 Å². The molecule has 3 heteroatoms. The Balaban J connectivity index is 2.63. The summed E-state index contributed by atoms with van der Waals surface area (Å²) >= 11 is 0. The minimum absolute atomic E-state index is 0.457. The summed E-state index contributed by atoms with van der Waals surface area (Å²) in [7, 11) is 0. The Labute approximate surface area is 89.0 Å². The number of pyridine rings is 1. The van der Waals surface area contributed by atoms with E-state index in [2.05, 4.69) is 11.1 Å². The van der Waals surface area contributed by atoms with Crippen LogP contribution in [0.5, 0.6) is 0 Å². The van der Waals surface area contributed by atoms with Gasteiger partial charge < -0.3 is 4.40 Å². The van der Waals surface area contributed by atoms with Gasteiger partial charge >= 0.3 is 0 Å². The van der Waals surface area contributed by atoms with E-state index in [1.54, 1.807) is 0 Å². The molecule has 0 aromatic carbocycles. The molecule has 2 heterocycles. The Bertz CT molecular complexity index is 543. The lowest BCUT2D eigenvalue weighted by Crippen LogP contribution is -2.14. The van der Waals surface area contributed by atoms with Crippen LogP contribution in [0.1, 0.15) is 25.1 Å². The minimum Gasteiger partial charge on any atom is -0.304 e. The summed E-state index contributed by atoms with van der Waals surface area (Å²) in [5.41, 5.74) is 2.55. The molecule has 0 fully saturated rings. The Morgan fingerprint density at radius 3 is 2.87 bits per heavy atom. The van der Waals surface area contributed by atoms with Gasteiger partial charge in [-0.15, -0.1) is 0 Å². The molecule has 0 saturated heterocycles. The number of rotatable bonds is 1. The van der Waals surface area contributed by atoms with Crippen LogP contribution >= 0.6 is 0 Å². The van der Waals surface area contributed by atoms with E-state index in [0.717, 1.165) is 16.9 Å². The van der Waals surface area contributed by atoms with Gasteiger partial charge in [0.05, 0.1) is 11.5 Å². The SMILES string of the molecule is Cc1cnc2cc(C(C)(C)C#N)ccn12. The summed E-state index contributed by atoms with van der Waals surface area (Å²) in [6, 6.07) is 6.24. The summed E-state index contributed by atoms with van der Waals surface area (Å²) in [4.78, 5) is 4.28. The fourth-order valence-electron chi connectivity index (χ4n) is 1.56. The van der Waals surface area contributed by atoms with Crippen LogP contribution in [0.4, 0.5) is 0 Å². The lowest BCUT2D eigenvalue weighted by Gasteiger charge is -2.15. The van der Waals surface area contributed by atoms with Crippen molar-refractivity contribution in [2.24, 2.45) is 0 Å². The molecule has 0 atom stereocenters. The van der Waals surface area contributed by atoms with Crippen molar-refractivity contribution in [3.05, 3.63) is 35.8 Å². The number of hydrogen-bond donors (Lipinski definition) is 0. The highest BCUT2D eigenvalue weighted by Gasteiger charge is 2.20. The van der Waals surface area contributed by atoms with Gasteiger partial charge in [-0.25, -0.2) is 4.98 Å². The quantitative estimate of drug-likeness (QED) is 0.707. The van der Waals surface area contributed by atoms with E-state index in [0.29, 0.717) is 0 Å². The van der Waals surface area contributed by atoms with Gasteiger partial charge in [-0.1, -0.05) is 0 Å². The molecule has 2 rings (SSSR count). The summed E-state index contributed by atoms with van der Waals surface area (Å²) < 4.78 is 2.01. The van der Waals surface area contributed by atoms with E-state index in [4.69, 9.17) is 5.26 Å². The molecule has 0 spiro atoms. The van der Waals surface area contributed by atoms with Crippen LogP contribution in [0.25, 0.3) is 5.65 Å². The number of nitrogens with zero attached hydrogens (tertiary/aromatic N) is 3. The standard InChI is InChI=1S/C12H13N3/c1-9-7-14-11-6-10(4-5-15(9)11)12(2,3)8-13/h4-7H,1-3H3. The predicted molar refractivity (Wildman–Crippen MR) is 58.6 cm³/mol. The second-order valence-electron chi connectivity index (χ2n) is 4.28. The third-order valence-electron chi connectivity index (χ3n) is 2.70. The average Bonchev–Trinajstić information content (AvgIpc) is 2.60. The zero-order chi connectivity index (χ0) is 11.1. The van der Waals surface area contributed by atoms with Crippen LogP contribution in [0.3, 0.4) is 0 Å². The summed E-state index contributed by atoms with van der Waals surface area (Å²) in [6.45, 7) is 5.83. The van der Waals surface area contributed by atoms with Gasteiger partial charge in [0.25, 0.3) is 0 Å². The molecule has 0 amide bonds. The van der Waals surface area contributed by atoms with E-state index >= 15 is 0 Å². The van der Waals surface area contributed by atoms with Crippen molar-refractivity contribution >= 4 is 5.65 Å². The van der Waals surface area contributed by atoms with Crippen molar-refractivity contribution in [2.45, 2.75) is 26.2 Å². The summed E-state index contributed by atoms with van der Waals surface area (Å²) in [6.07, 6.45) is 3.80. The molecule has 0 aliphatic carbocycles. The Morgan fingerprint density at radius 1 is 1.47 bits per heavy atom. The van der Waals surface area contributed by atoms with Gasteiger partial charge in [-0.3, -0.25) is 0 Å². The lowest BCUT2D eigenvalue weighted by atomic mass is 9.87. The van der Waals surface area contributed by atoms with Gasteiger partial charge in [0.2, 0.25) is 0 Å². The van der Waals surface area contributed by atoms with Gasteiger partial charge in [-0.05, 0) is 38.5 Å². The number of aromatic nitrogens is 2. The smallest absolute Gasteiger partial charge is 0.137 e. The Kier molecular flexibility index (Phi) is 2.01. The molecule has 0 aliphatic heterocycles. The van der Waals surface area contributed by atoms with Gasteiger partial charge in [0.15, 0.2) is 0 Å². The fraction of sp³-hybridized carbons (Fsp3) is 0.333. The molecule has 0 aliphatic rings. The average molecular weight is 199 g/mol. The molecular weight excluding hydrogens is 186 g/mol. The molecule has 15 heavy (non-hydrogen) atoms. The van der Waals surface area contributed by atoms with E-state index in [1.807, 2.05) is 49.7 Å². The second-order valence-corrected chi connectivity index (χ2v) is 4.28. The maximum atomic E-state index is 9.05. The Morgan fingerprint density at radius 2 is 2.20 bits per heavy atom. The monoisotopic (exact) mass is 199 g/mol. The first-order valence-electron chi connectivity index (χ1n) is 4.90. The van der Waals surface area contributed by atoms with Crippen LogP contribution in [0.15, 0.2) is 24.5 Å². The first kappa shape index (κ1) is 9.72. The maximum Gasteiger partial charge on any atom is 0.137 e. The number of hydrogen-bond acceptors (Lipinski definition) is 2. The highest BCUT2D eigenvalue weighted by atomic mass is 15.0. The van der Waals surface area contributed by atoms with Crippen molar-refractivity contribution in [1.29, 1.82) is 5.26 Å². The van der Waals surface area contributed by atoms with E-state index in [1.165, 1.54) is 0 Å². The van der Waals surface area contributed by atoms with Crippen molar-refractivity contribution in [3.63, 3.8) is 0 Å². The first-order chi connectivity index (χ1) is 7.04. The number of fused-ring (bicyclic) bond motifs is 1. The molecule has 0 bridgehead atoms. The van der Waals surface area contributed by atoms with Gasteiger partial charge in [-0.2, -0.15) is 5.26 Å². The normalized spacial score (nSPS) is 11.6. The molecule has 0 N–H and O–H groups in total. The zero-order valence-electron chi connectivity index (χ0n) is 9.15. The topological polar surface area (TPSA) is 41.1 Å². The molecule has 0 radical (unpaired) electrons. The zero-order valence-corrected chi connectivity index (χ0v) is 9.15. The third-order valence-corrected chi connectivity index (χ3v) is 2.70. The second kappa shape index (κ2) is 3.09. The largest absolute Gasteiger partial charge is 0.304 e. The van der Waals surface area contributed by atoms with E-state index < -0.39 is 5.41 Å². The van der Waals surface area contributed by atoms with Crippen molar-refractivity contribution in [2.75, 3.05) is 0 Å². The number of aryl methyl sites for hydroxylation is 1. The fourth-order valence-corrected chi connectivity index (χ4v) is 1.56. The first-order valence-corrected chi connectivity index (χ1v) is 4.90. The lowest BCUT2D eigenvalue weighted by molar-refractivity contribution is 0.685. The molecule has 76 valence electrons. The van der Waals surface area contributed by atoms with E-state index in [9.17, 15) is 0 Å². The van der Waals surface area contributed by atoms with Crippen LogP contribution in [-0.2, 0) is 5.41 Å². The van der Waals surface area contributed by atoms with Crippen LogP contribution in [0, 0.1) is 18.3 Å². The Hall–Kier alpha value is -1.82. The third kappa shape index (κ3) is 1.48. The molecule has 0 unspecified atom stereocenters. The summed E-state index contributed by atoms with van der Waals surface area (Å²) in [5.74, 6) is 0. The number of imidazole rings is 1. The van der Waals surface area contributed by atoms with Crippen LogP contribution in [-0.4, -0.2) is 9.38 Å².